The van der Waals surface area contributed by atoms with Crippen molar-refractivity contribution >= 4 is 18.7 Å². The van der Waals surface area contributed by atoms with Crippen molar-refractivity contribution in [2.75, 3.05) is 7.11 Å². The minimum absolute atomic E-state index is 0.0308. The normalized spacial score (nSPS) is 12.8. The van der Waals surface area contributed by atoms with Crippen LogP contribution in [0.4, 0.5) is 0 Å². The van der Waals surface area contributed by atoms with Crippen molar-refractivity contribution in [3.05, 3.63) is 107 Å². The summed E-state index contributed by atoms with van der Waals surface area (Å²) >= 11 is 0. The third-order valence-corrected chi connectivity index (χ3v) is 7.43. The highest BCUT2D eigenvalue weighted by atomic mass is 31.2. The van der Waals surface area contributed by atoms with Crippen molar-refractivity contribution in [3.63, 3.8) is 0 Å². The maximum Gasteiger partial charge on any atom is 0.356 e. The Balaban J connectivity index is 1.90. The Kier molecular flexibility index (Phi) is 5.49. The van der Waals surface area contributed by atoms with E-state index >= 15 is 0 Å². The molecule has 34 heavy (non-hydrogen) atoms. The summed E-state index contributed by atoms with van der Waals surface area (Å²) in [6.07, 6.45) is 0. The standard InChI is InChI=1S/C28H23O5P/c1-17(29)18-14-15-25(33-2)24(16-18)23-12-7-13-26(34(30,31)32)28(23)27-21-10-5-3-8-19(21)20-9-4-6-11-22(20)27/h3-16,27H,1-2H3,(H2,30,31,32). The van der Waals surface area contributed by atoms with Gasteiger partial charge in [-0.1, -0.05) is 60.7 Å². The smallest absolute Gasteiger partial charge is 0.356 e. The van der Waals surface area contributed by atoms with E-state index in [1.54, 1.807) is 31.4 Å². The Labute approximate surface area is 197 Å². The number of carbonyl (C=O) groups is 1. The van der Waals surface area contributed by atoms with Gasteiger partial charge >= 0.3 is 7.60 Å². The first kappa shape index (κ1) is 22.3. The number of benzene rings is 4. The van der Waals surface area contributed by atoms with Gasteiger partial charge in [0.05, 0.1) is 12.4 Å². The van der Waals surface area contributed by atoms with Crippen LogP contribution in [0.25, 0.3) is 22.3 Å². The molecule has 0 saturated carbocycles. The van der Waals surface area contributed by atoms with Crippen LogP contribution in [0.5, 0.6) is 5.75 Å². The van der Waals surface area contributed by atoms with Crippen LogP contribution in [0.3, 0.4) is 0 Å². The predicted octanol–water partition coefficient (Wildman–Crippen LogP) is 5.53. The van der Waals surface area contributed by atoms with Crippen molar-refractivity contribution in [1.29, 1.82) is 0 Å². The van der Waals surface area contributed by atoms with E-state index in [0.717, 1.165) is 22.3 Å². The van der Waals surface area contributed by atoms with Gasteiger partial charge in [0.2, 0.25) is 0 Å². The number of methoxy groups -OCH3 is 1. The SMILES string of the molecule is COc1ccc(C(C)=O)cc1-c1cccc(P(=O)(O)O)c1C1c2ccccc2-c2ccccc21. The fourth-order valence-corrected chi connectivity index (χ4v) is 5.79. The number of ketones is 1. The van der Waals surface area contributed by atoms with E-state index in [9.17, 15) is 19.1 Å². The highest BCUT2D eigenvalue weighted by Gasteiger charge is 2.36. The average Bonchev–Trinajstić information content (AvgIpc) is 3.17. The van der Waals surface area contributed by atoms with Gasteiger partial charge in [-0.25, -0.2) is 0 Å². The largest absolute Gasteiger partial charge is 0.496 e. The van der Waals surface area contributed by atoms with E-state index in [4.69, 9.17) is 4.74 Å². The average molecular weight is 470 g/mol. The van der Waals surface area contributed by atoms with Crippen LogP contribution in [-0.2, 0) is 4.57 Å². The highest BCUT2D eigenvalue weighted by Crippen LogP contribution is 2.52. The summed E-state index contributed by atoms with van der Waals surface area (Å²) in [5.74, 6) is 0.0266. The molecule has 2 N–H and O–H groups in total. The third-order valence-electron chi connectivity index (χ3n) is 6.42. The van der Waals surface area contributed by atoms with Gasteiger partial charge < -0.3 is 14.5 Å². The van der Waals surface area contributed by atoms with Crippen LogP contribution in [0, 0.1) is 0 Å². The maximum absolute atomic E-state index is 12.8. The van der Waals surface area contributed by atoms with Gasteiger partial charge in [-0.15, -0.1) is 0 Å². The van der Waals surface area contributed by atoms with Crippen LogP contribution in [0.15, 0.2) is 84.9 Å². The van der Waals surface area contributed by atoms with Crippen LogP contribution >= 0.6 is 7.60 Å². The van der Waals surface area contributed by atoms with Crippen molar-refractivity contribution in [3.8, 4) is 28.0 Å². The molecule has 5 rings (SSSR count). The number of ether oxygens (including phenoxy) is 1. The number of fused-ring (bicyclic) bond motifs is 3. The van der Waals surface area contributed by atoms with Gasteiger partial charge in [-0.05, 0) is 64.6 Å². The Hall–Kier alpha value is -3.50. The first-order valence-electron chi connectivity index (χ1n) is 10.9. The molecule has 4 aromatic rings. The first-order valence-corrected chi connectivity index (χ1v) is 12.5. The topological polar surface area (TPSA) is 83.8 Å². The Bertz CT molecular complexity index is 1440. The second-order valence-electron chi connectivity index (χ2n) is 8.36. The minimum Gasteiger partial charge on any atom is -0.496 e. The lowest BCUT2D eigenvalue weighted by molar-refractivity contribution is 0.101. The molecule has 1 aliphatic carbocycles. The Morgan fingerprint density at radius 1 is 0.794 bits per heavy atom. The summed E-state index contributed by atoms with van der Waals surface area (Å²) in [6.45, 7) is 1.49. The minimum atomic E-state index is -4.64. The van der Waals surface area contributed by atoms with Crippen molar-refractivity contribution in [2.45, 2.75) is 12.8 Å². The fraction of sp³-hybridized carbons (Fsp3) is 0.107. The van der Waals surface area contributed by atoms with Crippen LogP contribution in [0.1, 0.15) is 39.9 Å². The number of rotatable bonds is 5. The van der Waals surface area contributed by atoms with Gasteiger partial charge in [0.1, 0.15) is 5.75 Å². The number of carbonyl (C=O) groups excluding carboxylic acids is 1. The highest BCUT2D eigenvalue weighted by molar-refractivity contribution is 7.60. The monoisotopic (exact) mass is 470 g/mol. The molecular weight excluding hydrogens is 447 g/mol. The van der Waals surface area contributed by atoms with Gasteiger partial charge in [-0.2, -0.15) is 0 Å². The van der Waals surface area contributed by atoms with Crippen molar-refractivity contribution < 1.29 is 23.9 Å². The first-order chi connectivity index (χ1) is 16.3. The van der Waals surface area contributed by atoms with Gasteiger partial charge in [0.25, 0.3) is 0 Å². The molecule has 0 spiro atoms. The number of Topliss-reactive ketones (excluding diaryl/α,β-unsaturated/α-hetero) is 1. The van der Waals surface area contributed by atoms with Crippen molar-refractivity contribution in [2.24, 2.45) is 0 Å². The third kappa shape index (κ3) is 3.59. The maximum atomic E-state index is 12.8. The van der Waals surface area contributed by atoms with Crippen LogP contribution in [0.2, 0.25) is 0 Å². The number of hydrogen-bond donors (Lipinski definition) is 2. The van der Waals surface area contributed by atoms with E-state index < -0.39 is 13.5 Å². The molecule has 0 unspecified atom stereocenters. The van der Waals surface area contributed by atoms with Crippen molar-refractivity contribution in [1.82, 2.24) is 0 Å². The second-order valence-corrected chi connectivity index (χ2v) is 9.93. The Morgan fingerprint density at radius 2 is 1.38 bits per heavy atom. The molecule has 4 aromatic carbocycles. The second kappa shape index (κ2) is 8.37. The molecule has 0 heterocycles. The van der Waals surface area contributed by atoms with E-state index in [1.807, 2.05) is 54.6 Å². The molecule has 0 aromatic heterocycles. The summed E-state index contributed by atoms with van der Waals surface area (Å²) in [6, 6.07) is 26.0. The molecular formula is C28H23O5P. The molecule has 6 heteroatoms. The number of hydrogen-bond acceptors (Lipinski definition) is 3. The lowest BCUT2D eigenvalue weighted by Gasteiger charge is -2.24. The zero-order valence-electron chi connectivity index (χ0n) is 18.7. The summed E-state index contributed by atoms with van der Waals surface area (Å²) in [5, 5.41) is -0.0308. The molecule has 0 radical (unpaired) electrons. The molecule has 0 amide bonds. The summed E-state index contributed by atoms with van der Waals surface area (Å²) in [7, 11) is -3.10. The summed E-state index contributed by atoms with van der Waals surface area (Å²) < 4.78 is 18.4. The predicted molar refractivity (Wildman–Crippen MR) is 133 cm³/mol. The fourth-order valence-electron chi connectivity index (χ4n) is 4.95. The molecule has 0 fully saturated rings. The van der Waals surface area contributed by atoms with E-state index in [2.05, 4.69) is 0 Å². The molecule has 5 nitrogen and oxygen atoms in total. The quantitative estimate of drug-likeness (QED) is 0.261. The van der Waals surface area contributed by atoms with Gasteiger partial charge in [0.15, 0.2) is 5.78 Å². The van der Waals surface area contributed by atoms with Gasteiger partial charge in [-0.3, -0.25) is 9.36 Å². The lowest BCUT2D eigenvalue weighted by Crippen LogP contribution is -2.17. The molecule has 0 atom stereocenters. The van der Waals surface area contributed by atoms with E-state index in [1.165, 1.54) is 13.0 Å². The molecule has 170 valence electrons. The molecule has 0 aliphatic heterocycles. The lowest BCUT2D eigenvalue weighted by atomic mass is 9.83. The van der Waals surface area contributed by atoms with E-state index in [0.29, 0.717) is 28.0 Å². The zero-order valence-corrected chi connectivity index (χ0v) is 19.6. The van der Waals surface area contributed by atoms with Crippen LogP contribution < -0.4 is 10.0 Å². The van der Waals surface area contributed by atoms with E-state index in [-0.39, 0.29) is 11.1 Å². The van der Waals surface area contributed by atoms with Crippen LogP contribution in [-0.4, -0.2) is 22.7 Å². The summed E-state index contributed by atoms with van der Waals surface area (Å²) in [4.78, 5) is 32.9. The molecule has 0 saturated heterocycles. The Morgan fingerprint density at radius 3 is 1.94 bits per heavy atom. The summed E-state index contributed by atoms with van der Waals surface area (Å²) in [5.41, 5.74) is 6.29. The van der Waals surface area contributed by atoms with Gasteiger partial charge in [0, 0.05) is 17.0 Å². The zero-order chi connectivity index (χ0) is 24.0. The molecule has 0 bridgehead atoms. The molecule has 1 aliphatic rings.